The average Bonchev–Trinajstić information content (AvgIpc) is 2.70. The van der Waals surface area contributed by atoms with E-state index in [0.29, 0.717) is 36.4 Å². The van der Waals surface area contributed by atoms with Crippen LogP contribution in [0.5, 0.6) is 5.75 Å². The smallest absolute Gasteiger partial charge is 0.228 e. The zero-order valence-corrected chi connectivity index (χ0v) is 16.4. The second-order valence-corrected chi connectivity index (χ2v) is 8.77. The first-order valence-corrected chi connectivity index (χ1v) is 10.7. The maximum atomic E-state index is 13.0. The molecule has 0 spiro atoms. The zero-order valence-electron chi connectivity index (χ0n) is 15.6. The summed E-state index contributed by atoms with van der Waals surface area (Å²) < 4.78 is 44.9. The number of piperidine rings is 1. The number of benzene rings is 2. The van der Waals surface area contributed by atoms with Crippen molar-refractivity contribution in [3.8, 4) is 5.75 Å². The van der Waals surface area contributed by atoms with Crippen molar-refractivity contribution >= 4 is 21.6 Å². The zero-order chi connectivity index (χ0) is 20.1. The lowest BCUT2D eigenvalue weighted by molar-refractivity contribution is -0.120. The van der Waals surface area contributed by atoms with Crippen molar-refractivity contribution in [3.05, 3.63) is 59.9 Å². The van der Waals surface area contributed by atoms with Crippen LogP contribution >= 0.6 is 0 Å². The minimum atomic E-state index is -3.58. The van der Waals surface area contributed by atoms with E-state index in [0.717, 1.165) is 0 Å². The predicted octanol–water partition coefficient (Wildman–Crippen LogP) is 3.01. The molecular formula is C20H23FN2O4S. The molecule has 0 bridgehead atoms. The Labute approximate surface area is 164 Å². The summed E-state index contributed by atoms with van der Waals surface area (Å²) in [6, 6.07) is 12.4. The monoisotopic (exact) mass is 406 g/mol. The number of nitrogens with one attached hydrogen (secondary N) is 1. The Kier molecular flexibility index (Phi) is 6.31. The summed E-state index contributed by atoms with van der Waals surface area (Å²) >= 11 is 0. The lowest BCUT2D eigenvalue weighted by atomic mass is 9.99. The molecule has 0 aliphatic carbocycles. The molecule has 1 N–H and O–H groups in total. The topological polar surface area (TPSA) is 75.7 Å². The van der Waals surface area contributed by atoms with Gasteiger partial charge in [0.05, 0.1) is 18.8 Å². The normalized spacial score (nSPS) is 17.9. The molecule has 2 aromatic carbocycles. The van der Waals surface area contributed by atoms with E-state index in [4.69, 9.17) is 4.74 Å². The van der Waals surface area contributed by atoms with E-state index in [9.17, 15) is 17.6 Å². The maximum Gasteiger partial charge on any atom is 0.228 e. The molecule has 1 fully saturated rings. The van der Waals surface area contributed by atoms with Gasteiger partial charge in [-0.3, -0.25) is 4.79 Å². The highest BCUT2D eigenvalue weighted by Gasteiger charge is 2.32. The number of methoxy groups -OCH3 is 1. The van der Waals surface area contributed by atoms with E-state index >= 15 is 0 Å². The Morgan fingerprint density at radius 1 is 1.18 bits per heavy atom. The molecule has 1 saturated heterocycles. The number of carbonyl (C=O) groups excluding carboxylic acids is 1. The highest BCUT2D eigenvalue weighted by Crippen LogP contribution is 2.23. The molecule has 3 rings (SSSR count). The molecule has 0 unspecified atom stereocenters. The Morgan fingerprint density at radius 2 is 1.86 bits per heavy atom. The molecule has 0 radical (unpaired) electrons. The van der Waals surface area contributed by atoms with Crippen LogP contribution in [0.15, 0.2) is 48.5 Å². The van der Waals surface area contributed by atoms with Gasteiger partial charge in [0.25, 0.3) is 0 Å². The molecule has 1 atom stereocenters. The van der Waals surface area contributed by atoms with E-state index in [1.165, 1.54) is 28.6 Å². The van der Waals surface area contributed by atoms with Crippen LogP contribution in [0.25, 0.3) is 0 Å². The molecule has 1 aliphatic heterocycles. The molecular weight excluding hydrogens is 383 g/mol. The van der Waals surface area contributed by atoms with Crippen molar-refractivity contribution < 1.29 is 22.3 Å². The summed E-state index contributed by atoms with van der Waals surface area (Å²) in [5, 5.41) is 2.83. The summed E-state index contributed by atoms with van der Waals surface area (Å²) in [6.07, 6.45) is 1.24. The molecule has 1 amide bonds. The third kappa shape index (κ3) is 5.08. The summed E-state index contributed by atoms with van der Waals surface area (Å²) in [6.45, 7) is 0.529. The molecule has 2 aromatic rings. The highest BCUT2D eigenvalue weighted by atomic mass is 32.2. The van der Waals surface area contributed by atoms with Crippen molar-refractivity contribution in [2.24, 2.45) is 5.92 Å². The van der Waals surface area contributed by atoms with Crippen LogP contribution in [-0.2, 0) is 20.6 Å². The number of hydrogen-bond acceptors (Lipinski definition) is 4. The quantitative estimate of drug-likeness (QED) is 0.800. The van der Waals surface area contributed by atoms with Gasteiger partial charge >= 0.3 is 0 Å². The maximum absolute atomic E-state index is 13.0. The Bertz CT molecular complexity index is 914. The molecule has 0 aromatic heterocycles. The molecule has 0 saturated carbocycles. The van der Waals surface area contributed by atoms with Crippen molar-refractivity contribution in [1.29, 1.82) is 0 Å². The van der Waals surface area contributed by atoms with Crippen LogP contribution in [0.4, 0.5) is 10.1 Å². The van der Waals surface area contributed by atoms with Gasteiger partial charge in [-0.15, -0.1) is 0 Å². The van der Waals surface area contributed by atoms with Gasteiger partial charge in [0, 0.05) is 18.8 Å². The van der Waals surface area contributed by atoms with Gasteiger partial charge in [0.1, 0.15) is 11.6 Å². The number of rotatable bonds is 6. The molecule has 1 aliphatic rings. The fourth-order valence-electron chi connectivity index (χ4n) is 3.21. The van der Waals surface area contributed by atoms with Crippen LogP contribution in [-0.4, -0.2) is 38.8 Å². The predicted molar refractivity (Wildman–Crippen MR) is 105 cm³/mol. The van der Waals surface area contributed by atoms with Gasteiger partial charge in [0.2, 0.25) is 15.9 Å². The third-order valence-electron chi connectivity index (χ3n) is 4.77. The van der Waals surface area contributed by atoms with Crippen molar-refractivity contribution in [2.45, 2.75) is 18.6 Å². The number of hydrogen-bond donors (Lipinski definition) is 1. The van der Waals surface area contributed by atoms with Gasteiger partial charge in [0.15, 0.2) is 0 Å². The Hall–Kier alpha value is -2.45. The number of carbonyl (C=O) groups is 1. The third-order valence-corrected chi connectivity index (χ3v) is 6.58. The van der Waals surface area contributed by atoms with E-state index in [1.54, 1.807) is 31.4 Å². The fraction of sp³-hybridized carbons (Fsp3) is 0.350. The Morgan fingerprint density at radius 3 is 2.50 bits per heavy atom. The second-order valence-electron chi connectivity index (χ2n) is 6.80. The van der Waals surface area contributed by atoms with Crippen molar-refractivity contribution in [2.75, 3.05) is 25.5 Å². The van der Waals surface area contributed by atoms with Crippen LogP contribution in [0.3, 0.4) is 0 Å². The number of anilines is 1. The average molecular weight is 406 g/mol. The SMILES string of the molecule is COc1ccc(NC(=O)[C@H]2CCCN(S(=O)(=O)Cc3ccc(F)cc3)C2)cc1. The van der Waals surface area contributed by atoms with Crippen LogP contribution < -0.4 is 10.1 Å². The molecule has 6 nitrogen and oxygen atoms in total. The standard InChI is InChI=1S/C20H23FN2O4S/c1-27-19-10-8-18(9-11-19)22-20(24)16-3-2-12-23(13-16)28(25,26)14-15-4-6-17(21)7-5-15/h4-11,16H,2-3,12-14H2,1H3,(H,22,24)/t16-/m0/s1. The molecule has 28 heavy (non-hydrogen) atoms. The first kappa shape index (κ1) is 20.3. The second kappa shape index (κ2) is 8.70. The van der Waals surface area contributed by atoms with Crippen LogP contribution in [0, 0.1) is 11.7 Å². The number of nitrogens with zero attached hydrogens (tertiary/aromatic N) is 1. The Balaban J connectivity index is 1.63. The largest absolute Gasteiger partial charge is 0.497 e. The molecule has 8 heteroatoms. The molecule has 150 valence electrons. The van der Waals surface area contributed by atoms with Gasteiger partial charge in [-0.25, -0.2) is 17.1 Å². The van der Waals surface area contributed by atoms with Crippen molar-refractivity contribution in [3.63, 3.8) is 0 Å². The van der Waals surface area contributed by atoms with E-state index in [-0.39, 0.29) is 18.2 Å². The minimum Gasteiger partial charge on any atom is -0.497 e. The van der Waals surface area contributed by atoms with Gasteiger partial charge in [-0.05, 0) is 54.8 Å². The van der Waals surface area contributed by atoms with E-state index in [2.05, 4.69) is 5.32 Å². The lowest BCUT2D eigenvalue weighted by Crippen LogP contribution is -2.44. The number of halogens is 1. The fourth-order valence-corrected chi connectivity index (χ4v) is 4.82. The lowest BCUT2D eigenvalue weighted by Gasteiger charge is -2.31. The summed E-state index contributed by atoms with van der Waals surface area (Å²) in [5.74, 6) is -0.547. The van der Waals surface area contributed by atoms with Crippen molar-refractivity contribution in [1.82, 2.24) is 4.31 Å². The number of sulfonamides is 1. The first-order valence-electron chi connectivity index (χ1n) is 9.04. The van der Waals surface area contributed by atoms with Gasteiger partial charge in [-0.2, -0.15) is 0 Å². The summed E-state index contributed by atoms with van der Waals surface area (Å²) in [5.41, 5.74) is 1.16. The van der Waals surface area contributed by atoms with Crippen LogP contribution in [0.2, 0.25) is 0 Å². The minimum absolute atomic E-state index is 0.144. The van der Waals surface area contributed by atoms with Gasteiger partial charge in [-0.1, -0.05) is 12.1 Å². The van der Waals surface area contributed by atoms with E-state index in [1.807, 2.05) is 0 Å². The summed E-state index contributed by atoms with van der Waals surface area (Å²) in [7, 11) is -2.02. The van der Waals surface area contributed by atoms with E-state index < -0.39 is 21.8 Å². The number of amides is 1. The molecule has 1 heterocycles. The number of ether oxygens (including phenoxy) is 1. The van der Waals surface area contributed by atoms with Crippen LogP contribution in [0.1, 0.15) is 18.4 Å². The van der Waals surface area contributed by atoms with Gasteiger partial charge < -0.3 is 10.1 Å². The first-order chi connectivity index (χ1) is 13.4. The highest BCUT2D eigenvalue weighted by molar-refractivity contribution is 7.88. The summed E-state index contributed by atoms with van der Waals surface area (Å²) in [4.78, 5) is 12.6.